The van der Waals surface area contributed by atoms with Crippen molar-refractivity contribution in [3.8, 4) is 0 Å². The van der Waals surface area contributed by atoms with Gasteiger partial charge in [-0.1, -0.05) is 5.16 Å². The number of aromatic nitrogens is 1. The van der Waals surface area contributed by atoms with Crippen LogP contribution < -0.4 is 5.73 Å². The lowest BCUT2D eigenvalue weighted by atomic mass is 10.1. The van der Waals surface area contributed by atoms with Gasteiger partial charge in [0.1, 0.15) is 6.26 Å². The Morgan fingerprint density at radius 3 is 3.21 bits per heavy atom. The Morgan fingerprint density at radius 2 is 2.64 bits per heavy atom. The second-order valence-corrected chi connectivity index (χ2v) is 3.53. The van der Waals surface area contributed by atoms with Gasteiger partial charge in [-0.15, -0.1) is 0 Å². The lowest BCUT2D eigenvalue weighted by molar-refractivity contribution is 0.0777. The first kappa shape index (κ1) is 9.21. The number of likely N-dealkylation sites (tertiary alicyclic amines) is 1. The molecule has 1 aliphatic rings. The van der Waals surface area contributed by atoms with Crippen molar-refractivity contribution >= 4 is 5.91 Å². The van der Waals surface area contributed by atoms with E-state index >= 15 is 0 Å². The summed E-state index contributed by atoms with van der Waals surface area (Å²) in [6.07, 6.45) is 2.39. The monoisotopic (exact) mass is 195 g/mol. The highest BCUT2D eigenvalue weighted by atomic mass is 16.5. The van der Waals surface area contributed by atoms with Crippen molar-refractivity contribution in [1.82, 2.24) is 10.1 Å². The van der Waals surface area contributed by atoms with Crippen LogP contribution in [0.1, 0.15) is 16.9 Å². The minimum absolute atomic E-state index is 0.0605. The Hall–Kier alpha value is -1.36. The Morgan fingerprint density at radius 1 is 1.79 bits per heavy atom. The van der Waals surface area contributed by atoms with Crippen LogP contribution in [0.3, 0.4) is 0 Å². The zero-order chi connectivity index (χ0) is 9.97. The molecular formula is C9H13N3O2. The summed E-state index contributed by atoms with van der Waals surface area (Å²) in [4.78, 5) is 13.5. The molecule has 1 atom stereocenters. The van der Waals surface area contributed by atoms with Crippen LogP contribution in [-0.4, -0.2) is 35.6 Å². The molecule has 76 valence electrons. The number of nitrogens with zero attached hydrogens (tertiary/aromatic N) is 2. The predicted octanol–water partition coefficient (Wildman–Crippen LogP) is 0.0954. The topological polar surface area (TPSA) is 72.4 Å². The summed E-state index contributed by atoms with van der Waals surface area (Å²) in [5.41, 5.74) is 5.92. The van der Waals surface area contributed by atoms with Crippen LogP contribution in [0.4, 0.5) is 0 Å². The summed E-state index contributed by atoms with van der Waals surface area (Å²) in [7, 11) is 0. The SMILES string of the molecule is NCC1CCN(C(=O)c2ccon2)C1. The molecule has 2 N–H and O–H groups in total. The van der Waals surface area contributed by atoms with Gasteiger partial charge in [0, 0.05) is 19.2 Å². The highest BCUT2D eigenvalue weighted by Crippen LogP contribution is 2.16. The van der Waals surface area contributed by atoms with E-state index in [1.54, 1.807) is 11.0 Å². The molecule has 1 aromatic rings. The molecule has 1 fully saturated rings. The van der Waals surface area contributed by atoms with Crippen LogP contribution in [0.15, 0.2) is 16.9 Å². The highest BCUT2D eigenvalue weighted by molar-refractivity contribution is 5.92. The van der Waals surface area contributed by atoms with E-state index < -0.39 is 0 Å². The Labute approximate surface area is 81.8 Å². The third-order valence-electron chi connectivity index (χ3n) is 2.56. The molecule has 2 rings (SSSR count). The summed E-state index contributed by atoms with van der Waals surface area (Å²) in [6, 6.07) is 1.58. The summed E-state index contributed by atoms with van der Waals surface area (Å²) >= 11 is 0. The first-order chi connectivity index (χ1) is 6.81. The molecule has 1 saturated heterocycles. The second kappa shape index (κ2) is 3.79. The maximum absolute atomic E-state index is 11.7. The molecule has 0 bridgehead atoms. The molecule has 1 aliphatic heterocycles. The average molecular weight is 195 g/mol. The Balaban J connectivity index is 2.00. The molecule has 1 unspecified atom stereocenters. The van der Waals surface area contributed by atoms with Gasteiger partial charge < -0.3 is 15.2 Å². The van der Waals surface area contributed by atoms with Crippen molar-refractivity contribution in [2.75, 3.05) is 19.6 Å². The van der Waals surface area contributed by atoms with Crippen molar-refractivity contribution < 1.29 is 9.32 Å². The molecule has 5 nitrogen and oxygen atoms in total. The van der Waals surface area contributed by atoms with Gasteiger partial charge in [-0.05, 0) is 18.9 Å². The number of nitrogens with two attached hydrogens (primary N) is 1. The Kier molecular flexibility index (Phi) is 2.49. The van der Waals surface area contributed by atoms with Gasteiger partial charge >= 0.3 is 0 Å². The molecular weight excluding hydrogens is 182 g/mol. The number of amides is 1. The third kappa shape index (κ3) is 1.63. The number of carbonyl (C=O) groups is 1. The van der Waals surface area contributed by atoms with Gasteiger partial charge in [0.2, 0.25) is 0 Å². The quantitative estimate of drug-likeness (QED) is 0.726. The minimum atomic E-state index is -0.0605. The molecule has 2 heterocycles. The summed E-state index contributed by atoms with van der Waals surface area (Å²) in [5.74, 6) is 0.376. The smallest absolute Gasteiger partial charge is 0.276 e. The zero-order valence-corrected chi connectivity index (χ0v) is 7.85. The lowest BCUT2D eigenvalue weighted by Gasteiger charge is -2.13. The Bertz CT molecular complexity index is 310. The first-order valence-corrected chi connectivity index (χ1v) is 4.71. The number of hydrogen-bond donors (Lipinski definition) is 1. The van der Waals surface area contributed by atoms with Gasteiger partial charge in [0.15, 0.2) is 5.69 Å². The molecule has 0 radical (unpaired) electrons. The molecule has 1 aromatic heterocycles. The number of rotatable bonds is 2. The fraction of sp³-hybridized carbons (Fsp3) is 0.556. The first-order valence-electron chi connectivity index (χ1n) is 4.71. The van der Waals surface area contributed by atoms with E-state index in [2.05, 4.69) is 9.68 Å². The molecule has 0 saturated carbocycles. The molecule has 5 heteroatoms. The van der Waals surface area contributed by atoms with Crippen LogP contribution in [0, 0.1) is 5.92 Å². The van der Waals surface area contributed by atoms with Gasteiger partial charge in [-0.3, -0.25) is 4.79 Å². The van der Waals surface area contributed by atoms with Crippen LogP contribution in [0.25, 0.3) is 0 Å². The van der Waals surface area contributed by atoms with Crippen LogP contribution in [0.2, 0.25) is 0 Å². The third-order valence-corrected chi connectivity index (χ3v) is 2.56. The molecule has 1 amide bonds. The largest absolute Gasteiger partial charge is 0.364 e. The minimum Gasteiger partial charge on any atom is -0.364 e. The summed E-state index contributed by atoms with van der Waals surface area (Å²) in [5, 5.41) is 3.61. The van der Waals surface area contributed by atoms with Gasteiger partial charge in [0.05, 0.1) is 0 Å². The van der Waals surface area contributed by atoms with E-state index in [4.69, 9.17) is 5.73 Å². The van der Waals surface area contributed by atoms with Crippen molar-refractivity contribution in [1.29, 1.82) is 0 Å². The van der Waals surface area contributed by atoms with E-state index in [-0.39, 0.29) is 5.91 Å². The average Bonchev–Trinajstić information content (AvgIpc) is 2.88. The fourth-order valence-corrected chi connectivity index (χ4v) is 1.69. The molecule has 14 heavy (non-hydrogen) atoms. The van der Waals surface area contributed by atoms with E-state index in [0.29, 0.717) is 18.2 Å². The van der Waals surface area contributed by atoms with E-state index in [1.165, 1.54) is 6.26 Å². The number of hydrogen-bond acceptors (Lipinski definition) is 4. The summed E-state index contributed by atoms with van der Waals surface area (Å²) in [6.45, 7) is 2.15. The van der Waals surface area contributed by atoms with Gasteiger partial charge in [-0.2, -0.15) is 0 Å². The van der Waals surface area contributed by atoms with Crippen molar-refractivity contribution in [3.63, 3.8) is 0 Å². The molecule has 0 aliphatic carbocycles. The van der Waals surface area contributed by atoms with Crippen molar-refractivity contribution in [2.24, 2.45) is 11.7 Å². The van der Waals surface area contributed by atoms with Crippen LogP contribution in [-0.2, 0) is 0 Å². The highest BCUT2D eigenvalue weighted by Gasteiger charge is 2.27. The molecule has 0 aromatic carbocycles. The van der Waals surface area contributed by atoms with Crippen molar-refractivity contribution in [2.45, 2.75) is 6.42 Å². The van der Waals surface area contributed by atoms with Gasteiger partial charge in [-0.25, -0.2) is 0 Å². The normalized spacial score (nSPS) is 21.5. The second-order valence-electron chi connectivity index (χ2n) is 3.53. The maximum Gasteiger partial charge on any atom is 0.276 e. The fourth-order valence-electron chi connectivity index (χ4n) is 1.69. The standard InChI is InChI=1S/C9H13N3O2/c10-5-7-1-3-12(6-7)9(13)8-2-4-14-11-8/h2,4,7H,1,3,5-6,10H2. The van der Waals surface area contributed by atoms with E-state index in [1.807, 2.05) is 0 Å². The summed E-state index contributed by atoms with van der Waals surface area (Å²) < 4.78 is 4.63. The number of carbonyl (C=O) groups excluding carboxylic acids is 1. The lowest BCUT2D eigenvalue weighted by Crippen LogP contribution is -2.30. The predicted molar refractivity (Wildman–Crippen MR) is 49.6 cm³/mol. The maximum atomic E-state index is 11.7. The van der Waals surface area contributed by atoms with E-state index in [9.17, 15) is 4.79 Å². The van der Waals surface area contributed by atoms with Crippen molar-refractivity contribution in [3.05, 3.63) is 18.0 Å². The zero-order valence-electron chi connectivity index (χ0n) is 7.85. The van der Waals surface area contributed by atoms with E-state index in [0.717, 1.165) is 19.5 Å². The van der Waals surface area contributed by atoms with Gasteiger partial charge in [0.25, 0.3) is 5.91 Å². The molecule has 0 spiro atoms. The van der Waals surface area contributed by atoms with Crippen LogP contribution >= 0.6 is 0 Å². The van der Waals surface area contributed by atoms with Crippen LogP contribution in [0.5, 0.6) is 0 Å².